The first-order chi connectivity index (χ1) is 13.6. The Bertz CT molecular complexity index is 784. The third-order valence-corrected chi connectivity index (χ3v) is 4.61. The summed E-state index contributed by atoms with van der Waals surface area (Å²) in [6.07, 6.45) is 10.7. The van der Waals surface area contributed by atoms with Crippen LogP contribution in [-0.4, -0.2) is 34.9 Å². The van der Waals surface area contributed by atoms with Crippen molar-refractivity contribution < 1.29 is 24.3 Å². The normalized spacial score (nSPS) is 10.9. The van der Waals surface area contributed by atoms with Crippen LogP contribution in [0.25, 0.3) is 10.9 Å². The van der Waals surface area contributed by atoms with Crippen LogP contribution in [0.3, 0.4) is 0 Å². The number of unbranched alkanes of at least 4 members (excludes halogenated alkanes) is 6. The largest absolute Gasteiger partial charge is 0.494 e. The summed E-state index contributed by atoms with van der Waals surface area (Å²) in [5.74, 6) is -2.24. The van der Waals surface area contributed by atoms with Gasteiger partial charge in [0.05, 0.1) is 12.1 Å². The maximum atomic E-state index is 11.4. The predicted molar refractivity (Wildman–Crippen MR) is 107 cm³/mol. The van der Waals surface area contributed by atoms with Gasteiger partial charge in [-0.1, -0.05) is 45.4 Å². The Hall–Kier alpha value is -2.54. The van der Waals surface area contributed by atoms with E-state index < -0.39 is 11.9 Å². The lowest BCUT2D eigenvalue weighted by Gasteiger charge is -2.08. The van der Waals surface area contributed by atoms with Gasteiger partial charge < -0.3 is 20.4 Å². The van der Waals surface area contributed by atoms with Gasteiger partial charge in [-0.3, -0.25) is 0 Å². The molecular weight excluding hydrogens is 360 g/mol. The highest BCUT2D eigenvalue weighted by Gasteiger charge is 2.18. The molecule has 1 aromatic heterocycles. The summed E-state index contributed by atoms with van der Waals surface area (Å²) in [5, 5.41) is 9.58. The van der Waals surface area contributed by atoms with Crippen molar-refractivity contribution in [2.45, 2.75) is 58.3 Å². The van der Waals surface area contributed by atoms with Crippen LogP contribution in [0, 0.1) is 0 Å². The highest BCUT2D eigenvalue weighted by atomic mass is 16.7. The molecule has 0 aliphatic heterocycles. The van der Waals surface area contributed by atoms with Crippen LogP contribution in [0.15, 0.2) is 24.4 Å². The van der Waals surface area contributed by atoms with Crippen molar-refractivity contribution in [2.24, 2.45) is 5.73 Å². The van der Waals surface area contributed by atoms with E-state index in [1.807, 2.05) is 6.07 Å². The lowest BCUT2D eigenvalue weighted by atomic mass is 10.1. The summed E-state index contributed by atoms with van der Waals surface area (Å²) >= 11 is 0. The van der Waals surface area contributed by atoms with Crippen molar-refractivity contribution >= 4 is 22.8 Å². The lowest BCUT2D eigenvalue weighted by molar-refractivity contribution is -0.163. The van der Waals surface area contributed by atoms with Gasteiger partial charge in [-0.15, -0.1) is 0 Å². The number of aromatic nitrogens is 1. The minimum absolute atomic E-state index is 0.426. The Morgan fingerprint density at radius 2 is 1.82 bits per heavy atom. The topological polar surface area (TPSA) is 104 Å². The molecule has 0 saturated heterocycles. The summed E-state index contributed by atoms with van der Waals surface area (Å²) in [4.78, 5) is 27.0. The number of carbonyl (C=O) groups excluding carboxylic acids is 1. The molecule has 28 heavy (non-hydrogen) atoms. The number of nitrogens with two attached hydrogens (primary N) is 1. The average Bonchev–Trinajstić information content (AvgIpc) is 3.01. The fourth-order valence-electron chi connectivity index (χ4n) is 3.14. The molecule has 2 rings (SSSR count). The maximum Gasteiger partial charge on any atom is 0.441 e. The molecule has 0 saturated carbocycles. The van der Waals surface area contributed by atoms with E-state index in [4.69, 9.17) is 20.4 Å². The first-order valence-electron chi connectivity index (χ1n) is 9.99. The van der Waals surface area contributed by atoms with Gasteiger partial charge in [0, 0.05) is 11.6 Å². The maximum absolute atomic E-state index is 11.4. The SMILES string of the molecule is CCCCCCCCCOc1ccc2c(c1)c(CCN)cn2OC(=O)C(=O)O. The molecule has 0 bridgehead atoms. The van der Waals surface area contributed by atoms with Crippen molar-refractivity contribution in [1.82, 2.24) is 4.73 Å². The Kier molecular flexibility index (Phi) is 8.81. The number of carboxylic acid groups (broad SMARTS) is 1. The quantitative estimate of drug-likeness (QED) is 0.426. The highest BCUT2D eigenvalue weighted by molar-refractivity contribution is 6.28. The monoisotopic (exact) mass is 390 g/mol. The first kappa shape index (κ1) is 21.8. The number of rotatable bonds is 12. The molecule has 0 unspecified atom stereocenters. The molecule has 0 atom stereocenters. The van der Waals surface area contributed by atoms with E-state index in [1.54, 1.807) is 18.3 Å². The fourth-order valence-corrected chi connectivity index (χ4v) is 3.14. The third kappa shape index (κ3) is 6.27. The first-order valence-corrected chi connectivity index (χ1v) is 9.99. The second-order valence-electron chi connectivity index (χ2n) is 6.85. The number of nitrogens with zero attached hydrogens (tertiary/aromatic N) is 1. The zero-order valence-electron chi connectivity index (χ0n) is 16.5. The predicted octanol–water partition coefficient (Wildman–Crippen LogP) is 3.31. The van der Waals surface area contributed by atoms with Crippen LogP contribution in [0.1, 0.15) is 57.4 Å². The van der Waals surface area contributed by atoms with E-state index >= 15 is 0 Å². The standard InChI is InChI=1S/C21H30N2O5/c1-2-3-4-5-6-7-8-13-27-17-9-10-19-18(14-17)16(11-12-22)15-23(19)28-21(26)20(24)25/h9-10,14-15H,2-8,11-13,22H2,1H3,(H,24,25). The van der Waals surface area contributed by atoms with E-state index in [0.29, 0.717) is 25.1 Å². The molecule has 2 aromatic rings. The molecule has 7 nitrogen and oxygen atoms in total. The van der Waals surface area contributed by atoms with Gasteiger partial charge in [0.25, 0.3) is 0 Å². The molecule has 1 aromatic carbocycles. The van der Waals surface area contributed by atoms with Crippen molar-refractivity contribution in [3.63, 3.8) is 0 Å². The van der Waals surface area contributed by atoms with Gasteiger partial charge in [0.15, 0.2) is 0 Å². The number of hydrogen-bond donors (Lipinski definition) is 2. The number of ether oxygens (including phenoxy) is 1. The van der Waals surface area contributed by atoms with Gasteiger partial charge >= 0.3 is 11.9 Å². The van der Waals surface area contributed by atoms with E-state index in [0.717, 1.165) is 29.5 Å². The molecule has 7 heteroatoms. The lowest BCUT2D eigenvalue weighted by Crippen LogP contribution is -2.26. The molecule has 1 heterocycles. The van der Waals surface area contributed by atoms with Gasteiger partial charge in [0.2, 0.25) is 0 Å². The van der Waals surface area contributed by atoms with Crippen LogP contribution in [0.2, 0.25) is 0 Å². The van der Waals surface area contributed by atoms with Gasteiger partial charge in [-0.25, -0.2) is 9.59 Å². The number of carbonyl (C=O) groups is 2. The van der Waals surface area contributed by atoms with Crippen LogP contribution >= 0.6 is 0 Å². The van der Waals surface area contributed by atoms with Crippen LogP contribution in [0.4, 0.5) is 0 Å². The number of hydrogen-bond acceptors (Lipinski definition) is 5. The van der Waals surface area contributed by atoms with Gasteiger partial charge in [-0.05, 0) is 43.1 Å². The average molecular weight is 390 g/mol. The summed E-state index contributed by atoms with van der Waals surface area (Å²) < 4.78 is 7.04. The van der Waals surface area contributed by atoms with Crippen LogP contribution in [-0.2, 0) is 16.0 Å². The smallest absolute Gasteiger partial charge is 0.441 e. The summed E-state index contributed by atoms with van der Waals surface area (Å²) in [6.45, 7) is 3.29. The second-order valence-corrected chi connectivity index (χ2v) is 6.85. The summed E-state index contributed by atoms with van der Waals surface area (Å²) in [7, 11) is 0. The Labute approximate surface area is 165 Å². The fraction of sp³-hybridized carbons (Fsp3) is 0.524. The van der Waals surface area contributed by atoms with E-state index in [-0.39, 0.29) is 0 Å². The van der Waals surface area contributed by atoms with Crippen LogP contribution < -0.4 is 15.3 Å². The summed E-state index contributed by atoms with van der Waals surface area (Å²) in [6, 6.07) is 5.43. The molecular formula is C21H30N2O5. The van der Waals surface area contributed by atoms with E-state index in [2.05, 4.69) is 6.92 Å². The Morgan fingerprint density at radius 1 is 1.11 bits per heavy atom. The van der Waals surface area contributed by atoms with Crippen molar-refractivity contribution in [2.75, 3.05) is 13.2 Å². The zero-order chi connectivity index (χ0) is 20.4. The van der Waals surface area contributed by atoms with Crippen molar-refractivity contribution in [3.8, 4) is 5.75 Å². The molecule has 0 spiro atoms. The molecule has 0 aliphatic carbocycles. The highest BCUT2D eigenvalue weighted by Crippen LogP contribution is 2.26. The van der Waals surface area contributed by atoms with Crippen LogP contribution in [0.5, 0.6) is 5.75 Å². The number of fused-ring (bicyclic) bond motifs is 1. The van der Waals surface area contributed by atoms with E-state index in [9.17, 15) is 9.59 Å². The number of carboxylic acids is 1. The third-order valence-electron chi connectivity index (χ3n) is 4.61. The second kappa shape index (κ2) is 11.3. The minimum atomic E-state index is -1.64. The molecule has 0 amide bonds. The number of aliphatic carboxylic acids is 1. The Balaban J connectivity index is 1.98. The van der Waals surface area contributed by atoms with Crippen molar-refractivity contribution in [3.05, 3.63) is 30.0 Å². The molecule has 0 fully saturated rings. The molecule has 0 radical (unpaired) electrons. The molecule has 0 aliphatic rings. The zero-order valence-corrected chi connectivity index (χ0v) is 16.5. The van der Waals surface area contributed by atoms with Crippen molar-refractivity contribution in [1.29, 1.82) is 0 Å². The van der Waals surface area contributed by atoms with E-state index in [1.165, 1.54) is 36.8 Å². The molecule has 154 valence electrons. The summed E-state index contributed by atoms with van der Waals surface area (Å²) in [5.41, 5.74) is 7.13. The molecule has 3 N–H and O–H groups in total. The number of benzene rings is 1. The van der Waals surface area contributed by atoms with Gasteiger partial charge in [-0.2, -0.15) is 4.73 Å². The Morgan fingerprint density at radius 3 is 2.50 bits per heavy atom. The van der Waals surface area contributed by atoms with Gasteiger partial charge in [0.1, 0.15) is 5.75 Å². The minimum Gasteiger partial charge on any atom is -0.494 e.